The summed E-state index contributed by atoms with van der Waals surface area (Å²) in [5.74, 6) is -0.134. The number of nitro groups is 1. The summed E-state index contributed by atoms with van der Waals surface area (Å²) in [6.45, 7) is 6.82. The van der Waals surface area contributed by atoms with Gasteiger partial charge in [-0.2, -0.15) is 0 Å². The van der Waals surface area contributed by atoms with Crippen LogP contribution in [0.15, 0.2) is 23.4 Å². The predicted molar refractivity (Wildman–Crippen MR) is 78.4 cm³/mol. The zero-order chi connectivity index (χ0) is 15.3. The van der Waals surface area contributed by atoms with Gasteiger partial charge in [0.05, 0.1) is 10.5 Å². The molecule has 1 atom stereocenters. The lowest BCUT2D eigenvalue weighted by Crippen LogP contribution is -2.34. The molecule has 1 unspecified atom stereocenters. The summed E-state index contributed by atoms with van der Waals surface area (Å²) in [4.78, 5) is 12.4. The van der Waals surface area contributed by atoms with Gasteiger partial charge in [0.25, 0.3) is 5.69 Å². The zero-order valence-corrected chi connectivity index (χ0v) is 11.9. The van der Waals surface area contributed by atoms with E-state index in [1.54, 1.807) is 6.07 Å². The van der Waals surface area contributed by atoms with Gasteiger partial charge in [-0.1, -0.05) is 12.1 Å². The van der Waals surface area contributed by atoms with E-state index in [-0.39, 0.29) is 17.6 Å². The average Bonchev–Trinajstić information content (AvgIpc) is 2.46. The van der Waals surface area contributed by atoms with E-state index in [0.717, 1.165) is 18.7 Å². The topological polar surface area (TPSA) is 105 Å². The minimum absolute atomic E-state index is 0.0874. The Labute approximate surface area is 117 Å². The molecule has 110 valence electrons. The molecule has 0 fully saturated rings. The number of amidine groups is 1. The molecule has 0 aliphatic rings. The molecule has 0 aliphatic heterocycles. The van der Waals surface area contributed by atoms with Crippen molar-refractivity contribution in [2.24, 2.45) is 10.9 Å². The Morgan fingerprint density at radius 1 is 1.55 bits per heavy atom. The molecule has 1 aromatic rings. The largest absolute Gasteiger partial charge is 0.409 e. The van der Waals surface area contributed by atoms with Gasteiger partial charge in [0, 0.05) is 30.4 Å². The van der Waals surface area contributed by atoms with Gasteiger partial charge in [-0.3, -0.25) is 10.1 Å². The highest BCUT2D eigenvalue weighted by molar-refractivity contribution is 6.02. The lowest BCUT2D eigenvalue weighted by atomic mass is 10.1. The Morgan fingerprint density at radius 3 is 2.65 bits per heavy atom. The summed E-state index contributed by atoms with van der Waals surface area (Å²) in [6, 6.07) is 4.64. The number of benzene rings is 1. The van der Waals surface area contributed by atoms with Crippen molar-refractivity contribution in [2.75, 3.05) is 11.4 Å². The summed E-state index contributed by atoms with van der Waals surface area (Å²) < 4.78 is 0. The van der Waals surface area contributed by atoms with Crippen molar-refractivity contribution in [3.05, 3.63) is 33.9 Å². The van der Waals surface area contributed by atoms with Crippen LogP contribution in [-0.2, 0) is 0 Å². The van der Waals surface area contributed by atoms with Crippen molar-refractivity contribution in [2.45, 2.75) is 33.2 Å². The van der Waals surface area contributed by atoms with Gasteiger partial charge in [-0.25, -0.2) is 0 Å². The first-order valence-electron chi connectivity index (χ1n) is 6.49. The molecule has 0 bridgehead atoms. The molecule has 0 radical (unpaired) electrons. The predicted octanol–water partition coefficient (Wildman–Crippen LogP) is 2.31. The Kier molecular flexibility index (Phi) is 5.31. The zero-order valence-electron chi connectivity index (χ0n) is 11.9. The number of hydrogen-bond acceptors (Lipinski definition) is 5. The fraction of sp³-hybridized carbons (Fsp3) is 0.462. The van der Waals surface area contributed by atoms with E-state index in [2.05, 4.69) is 23.9 Å². The van der Waals surface area contributed by atoms with Crippen LogP contribution in [0.5, 0.6) is 0 Å². The van der Waals surface area contributed by atoms with E-state index < -0.39 is 4.92 Å². The molecule has 0 heterocycles. The molecule has 0 saturated heterocycles. The SMILES string of the molecule is CCC(C)N(CC)c1ccc([N+](=O)[O-])cc1C(N)=NO. The number of non-ortho nitro benzene ring substituents is 1. The van der Waals surface area contributed by atoms with Gasteiger partial charge in [0.15, 0.2) is 5.84 Å². The minimum Gasteiger partial charge on any atom is -0.409 e. The third-order valence-corrected chi connectivity index (χ3v) is 3.35. The summed E-state index contributed by atoms with van der Waals surface area (Å²) in [5, 5.41) is 22.7. The van der Waals surface area contributed by atoms with Gasteiger partial charge in [-0.05, 0) is 26.3 Å². The van der Waals surface area contributed by atoms with Crippen molar-refractivity contribution in [3.63, 3.8) is 0 Å². The van der Waals surface area contributed by atoms with E-state index in [0.29, 0.717) is 5.56 Å². The normalized spacial score (nSPS) is 13.1. The molecule has 0 spiro atoms. The highest BCUT2D eigenvalue weighted by Gasteiger charge is 2.20. The molecule has 0 aromatic heterocycles. The summed E-state index contributed by atoms with van der Waals surface area (Å²) in [5.41, 5.74) is 6.65. The fourth-order valence-electron chi connectivity index (χ4n) is 2.09. The molecule has 1 rings (SSSR count). The fourth-order valence-corrected chi connectivity index (χ4v) is 2.09. The number of rotatable bonds is 6. The van der Waals surface area contributed by atoms with Crippen LogP contribution >= 0.6 is 0 Å². The molecule has 0 aliphatic carbocycles. The first-order valence-corrected chi connectivity index (χ1v) is 6.49. The third-order valence-electron chi connectivity index (χ3n) is 3.35. The number of anilines is 1. The van der Waals surface area contributed by atoms with Crippen LogP contribution in [0.3, 0.4) is 0 Å². The number of nitro benzene ring substituents is 1. The second-order valence-corrected chi connectivity index (χ2v) is 4.49. The van der Waals surface area contributed by atoms with Crippen LogP contribution in [0.4, 0.5) is 11.4 Å². The smallest absolute Gasteiger partial charge is 0.270 e. The van der Waals surface area contributed by atoms with Crippen LogP contribution in [0.25, 0.3) is 0 Å². The summed E-state index contributed by atoms with van der Waals surface area (Å²) in [6.07, 6.45) is 0.917. The Morgan fingerprint density at radius 2 is 2.20 bits per heavy atom. The van der Waals surface area contributed by atoms with Gasteiger partial charge >= 0.3 is 0 Å². The lowest BCUT2D eigenvalue weighted by molar-refractivity contribution is -0.384. The second-order valence-electron chi connectivity index (χ2n) is 4.49. The van der Waals surface area contributed by atoms with Gasteiger partial charge < -0.3 is 15.8 Å². The molecule has 0 amide bonds. The number of hydrogen-bond donors (Lipinski definition) is 2. The van der Waals surface area contributed by atoms with Crippen molar-refractivity contribution in [3.8, 4) is 0 Å². The van der Waals surface area contributed by atoms with Crippen LogP contribution in [0.1, 0.15) is 32.8 Å². The van der Waals surface area contributed by atoms with Crippen molar-refractivity contribution < 1.29 is 10.1 Å². The van der Waals surface area contributed by atoms with E-state index in [1.165, 1.54) is 12.1 Å². The summed E-state index contributed by atoms with van der Waals surface area (Å²) in [7, 11) is 0. The highest BCUT2D eigenvalue weighted by Crippen LogP contribution is 2.27. The van der Waals surface area contributed by atoms with E-state index in [1.807, 2.05) is 6.92 Å². The molecule has 0 saturated carbocycles. The molecule has 1 aromatic carbocycles. The molecule has 20 heavy (non-hydrogen) atoms. The molecular formula is C13H20N4O3. The molecular weight excluding hydrogens is 260 g/mol. The van der Waals surface area contributed by atoms with Gasteiger partial charge in [0.1, 0.15) is 0 Å². The van der Waals surface area contributed by atoms with Gasteiger partial charge in [0.2, 0.25) is 0 Å². The van der Waals surface area contributed by atoms with E-state index >= 15 is 0 Å². The maximum Gasteiger partial charge on any atom is 0.270 e. The standard InChI is InChI=1S/C13H20N4O3/c1-4-9(3)16(5-2)12-7-6-10(17(19)20)8-11(12)13(14)15-18/h6-9,18H,4-5H2,1-3H3,(H2,14,15). The molecule has 7 nitrogen and oxygen atoms in total. The molecule has 7 heteroatoms. The average molecular weight is 280 g/mol. The minimum atomic E-state index is -0.503. The highest BCUT2D eigenvalue weighted by atomic mass is 16.6. The van der Waals surface area contributed by atoms with Crippen molar-refractivity contribution in [1.82, 2.24) is 0 Å². The Bertz CT molecular complexity index is 516. The van der Waals surface area contributed by atoms with E-state index in [9.17, 15) is 10.1 Å². The monoisotopic (exact) mass is 280 g/mol. The van der Waals surface area contributed by atoms with Crippen LogP contribution in [-0.4, -0.2) is 28.6 Å². The van der Waals surface area contributed by atoms with Crippen LogP contribution < -0.4 is 10.6 Å². The quantitative estimate of drug-likeness (QED) is 0.273. The molecule has 3 N–H and O–H groups in total. The first-order chi connectivity index (χ1) is 9.46. The number of oxime groups is 1. The first kappa shape index (κ1) is 15.7. The van der Waals surface area contributed by atoms with Crippen LogP contribution in [0.2, 0.25) is 0 Å². The Balaban J connectivity index is 3.41. The van der Waals surface area contributed by atoms with Gasteiger partial charge in [-0.15, -0.1) is 0 Å². The van der Waals surface area contributed by atoms with Crippen molar-refractivity contribution >= 4 is 17.2 Å². The Hall–Kier alpha value is -2.31. The summed E-state index contributed by atoms with van der Waals surface area (Å²) >= 11 is 0. The maximum atomic E-state index is 10.9. The number of nitrogens with two attached hydrogens (primary N) is 1. The second kappa shape index (κ2) is 6.74. The number of nitrogens with zero attached hydrogens (tertiary/aromatic N) is 3. The van der Waals surface area contributed by atoms with Crippen molar-refractivity contribution in [1.29, 1.82) is 0 Å². The van der Waals surface area contributed by atoms with E-state index in [4.69, 9.17) is 10.9 Å². The maximum absolute atomic E-state index is 10.9. The lowest BCUT2D eigenvalue weighted by Gasteiger charge is -2.31. The third kappa shape index (κ3) is 3.17. The van der Waals surface area contributed by atoms with Crippen LogP contribution in [0, 0.1) is 10.1 Å².